The predicted molar refractivity (Wildman–Crippen MR) is 55.0 cm³/mol. The highest BCUT2D eigenvalue weighted by Gasteiger charge is 2.57. The zero-order valence-corrected chi connectivity index (χ0v) is 9.05. The van der Waals surface area contributed by atoms with E-state index in [9.17, 15) is 18.0 Å². The molecule has 2 unspecified atom stereocenters. The molecule has 3 rings (SSSR count). The van der Waals surface area contributed by atoms with Gasteiger partial charge in [-0.1, -0.05) is 6.42 Å². The maximum atomic E-state index is 13.4. The second kappa shape index (κ2) is 3.59. The third-order valence-electron chi connectivity index (χ3n) is 3.96. The van der Waals surface area contributed by atoms with Crippen LogP contribution in [0.5, 0.6) is 0 Å². The van der Waals surface area contributed by atoms with E-state index in [1.165, 1.54) is 0 Å². The van der Waals surface area contributed by atoms with E-state index in [4.69, 9.17) is 0 Å². The number of carbonyl (C=O) groups excluding carboxylic acids is 1. The van der Waals surface area contributed by atoms with E-state index in [0.29, 0.717) is 24.0 Å². The van der Waals surface area contributed by atoms with Crippen LogP contribution in [-0.2, 0) is 0 Å². The quantitative estimate of drug-likeness (QED) is 0.724. The molecule has 1 aromatic rings. The maximum Gasteiger partial charge on any atom is 0.172 e. The van der Waals surface area contributed by atoms with Gasteiger partial charge in [0.25, 0.3) is 0 Å². The van der Waals surface area contributed by atoms with Crippen LogP contribution in [0.3, 0.4) is 0 Å². The minimum atomic E-state index is -1.09. The van der Waals surface area contributed by atoms with Gasteiger partial charge in [0.1, 0.15) is 17.5 Å². The van der Waals surface area contributed by atoms with Crippen molar-refractivity contribution in [1.29, 1.82) is 0 Å². The average molecular weight is 240 g/mol. The molecule has 17 heavy (non-hydrogen) atoms. The minimum Gasteiger partial charge on any atom is -0.294 e. The van der Waals surface area contributed by atoms with E-state index in [0.717, 1.165) is 19.3 Å². The van der Waals surface area contributed by atoms with Crippen LogP contribution in [0.25, 0.3) is 0 Å². The van der Waals surface area contributed by atoms with E-state index >= 15 is 0 Å². The Balaban J connectivity index is 1.92. The number of carbonyl (C=O) groups is 1. The molecule has 0 radical (unpaired) electrons. The number of hydrogen-bond donors (Lipinski definition) is 0. The molecule has 2 saturated carbocycles. The molecule has 4 heteroatoms. The van der Waals surface area contributed by atoms with Crippen LogP contribution in [0.4, 0.5) is 13.2 Å². The van der Waals surface area contributed by atoms with Gasteiger partial charge in [-0.05, 0) is 24.7 Å². The number of ketones is 1. The summed E-state index contributed by atoms with van der Waals surface area (Å²) in [6, 6.07) is 1.13. The first-order valence-electron chi connectivity index (χ1n) is 5.78. The van der Waals surface area contributed by atoms with E-state index in [-0.39, 0.29) is 5.92 Å². The van der Waals surface area contributed by atoms with Crippen molar-refractivity contribution in [2.75, 3.05) is 0 Å². The molecule has 2 fully saturated rings. The van der Waals surface area contributed by atoms with Gasteiger partial charge in [-0.3, -0.25) is 4.79 Å². The van der Waals surface area contributed by atoms with E-state index in [1.807, 2.05) is 0 Å². The molecule has 0 saturated heterocycles. The maximum absolute atomic E-state index is 13.4. The second-order valence-electron chi connectivity index (χ2n) is 4.89. The van der Waals surface area contributed by atoms with Crippen molar-refractivity contribution in [2.45, 2.75) is 19.3 Å². The zero-order valence-electron chi connectivity index (χ0n) is 9.05. The third kappa shape index (κ3) is 1.58. The van der Waals surface area contributed by atoms with Crippen molar-refractivity contribution < 1.29 is 18.0 Å². The van der Waals surface area contributed by atoms with E-state index in [1.54, 1.807) is 0 Å². The lowest BCUT2D eigenvalue weighted by Gasteiger charge is -2.06. The number of hydrogen-bond acceptors (Lipinski definition) is 1. The summed E-state index contributed by atoms with van der Waals surface area (Å²) < 4.78 is 39.6. The van der Waals surface area contributed by atoms with Gasteiger partial charge in [-0.25, -0.2) is 13.2 Å². The van der Waals surface area contributed by atoms with Crippen LogP contribution in [0, 0.1) is 35.2 Å². The van der Waals surface area contributed by atoms with E-state index in [2.05, 4.69) is 0 Å². The Labute approximate surface area is 96.6 Å². The Morgan fingerprint density at radius 3 is 2.12 bits per heavy atom. The van der Waals surface area contributed by atoms with Crippen LogP contribution < -0.4 is 0 Å². The zero-order chi connectivity index (χ0) is 12.2. The minimum absolute atomic E-state index is 0.238. The SMILES string of the molecule is O=C(c1c(F)cc(F)cc1F)C1C2CCCC21. The molecule has 2 aliphatic rings. The highest BCUT2D eigenvalue weighted by atomic mass is 19.1. The van der Waals surface area contributed by atoms with Gasteiger partial charge in [0.2, 0.25) is 0 Å². The summed E-state index contributed by atoms with van der Waals surface area (Å²) in [5, 5.41) is 0. The van der Waals surface area contributed by atoms with Gasteiger partial charge in [0, 0.05) is 18.1 Å². The molecule has 0 amide bonds. The Morgan fingerprint density at radius 1 is 1.06 bits per heavy atom. The van der Waals surface area contributed by atoms with Gasteiger partial charge in [0.05, 0.1) is 5.56 Å². The van der Waals surface area contributed by atoms with Crippen LogP contribution >= 0.6 is 0 Å². The normalized spacial score (nSPS) is 30.2. The first kappa shape index (κ1) is 10.8. The average Bonchev–Trinajstić information content (AvgIpc) is 2.71. The van der Waals surface area contributed by atoms with Gasteiger partial charge >= 0.3 is 0 Å². The number of benzene rings is 1. The van der Waals surface area contributed by atoms with Crippen LogP contribution in [0.2, 0.25) is 0 Å². The van der Waals surface area contributed by atoms with Gasteiger partial charge in [-0.15, -0.1) is 0 Å². The monoisotopic (exact) mass is 240 g/mol. The standard InChI is InChI=1S/C13H11F3O/c14-6-4-9(15)12(10(16)5-6)13(17)11-7-2-1-3-8(7)11/h4-5,7-8,11H,1-3H2. The van der Waals surface area contributed by atoms with Crippen molar-refractivity contribution in [3.8, 4) is 0 Å². The molecule has 0 N–H and O–H groups in total. The first-order chi connectivity index (χ1) is 8.09. The molecule has 2 aliphatic carbocycles. The lowest BCUT2D eigenvalue weighted by Crippen LogP contribution is -2.11. The van der Waals surface area contributed by atoms with Crippen LogP contribution in [0.15, 0.2) is 12.1 Å². The Hall–Kier alpha value is -1.32. The molecule has 2 atom stereocenters. The van der Waals surface area contributed by atoms with Crippen LogP contribution in [0.1, 0.15) is 29.6 Å². The molecule has 0 aromatic heterocycles. The summed E-state index contributed by atoms with van der Waals surface area (Å²) >= 11 is 0. The van der Waals surface area contributed by atoms with Gasteiger partial charge in [-0.2, -0.15) is 0 Å². The first-order valence-corrected chi connectivity index (χ1v) is 5.78. The highest BCUT2D eigenvalue weighted by molar-refractivity contribution is 6.00. The highest BCUT2D eigenvalue weighted by Crippen LogP contribution is 2.58. The van der Waals surface area contributed by atoms with Crippen molar-refractivity contribution in [2.24, 2.45) is 17.8 Å². The molecule has 0 aliphatic heterocycles. The van der Waals surface area contributed by atoms with Crippen molar-refractivity contribution in [1.82, 2.24) is 0 Å². The van der Waals surface area contributed by atoms with Crippen molar-refractivity contribution in [3.63, 3.8) is 0 Å². The number of Topliss-reactive ketones (excluding diaryl/α,β-unsaturated/α-hetero) is 1. The molecular weight excluding hydrogens is 229 g/mol. The number of halogens is 3. The Kier molecular flexibility index (Phi) is 2.28. The summed E-state index contributed by atoms with van der Waals surface area (Å²) in [7, 11) is 0. The van der Waals surface area contributed by atoms with Gasteiger partial charge in [0.15, 0.2) is 5.78 Å². The molecule has 90 valence electrons. The number of fused-ring (bicyclic) bond motifs is 1. The van der Waals surface area contributed by atoms with Crippen molar-refractivity contribution in [3.05, 3.63) is 35.1 Å². The fourth-order valence-electron chi connectivity index (χ4n) is 3.15. The molecular formula is C13H11F3O. The van der Waals surface area contributed by atoms with E-state index < -0.39 is 28.8 Å². The molecule has 0 spiro atoms. The molecule has 1 aromatic carbocycles. The predicted octanol–water partition coefficient (Wildman–Crippen LogP) is 3.33. The molecule has 0 heterocycles. The Bertz CT molecular complexity index is 464. The fraction of sp³-hybridized carbons (Fsp3) is 0.462. The third-order valence-corrected chi connectivity index (χ3v) is 3.96. The lowest BCUT2D eigenvalue weighted by atomic mass is 10.0. The van der Waals surface area contributed by atoms with Gasteiger partial charge < -0.3 is 0 Å². The summed E-state index contributed by atoms with van der Waals surface area (Å²) in [5.41, 5.74) is -0.564. The fourth-order valence-corrected chi connectivity index (χ4v) is 3.15. The Morgan fingerprint density at radius 2 is 1.59 bits per heavy atom. The van der Waals surface area contributed by atoms with Crippen molar-refractivity contribution >= 4 is 5.78 Å². The van der Waals surface area contributed by atoms with Crippen LogP contribution in [-0.4, -0.2) is 5.78 Å². The summed E-state index contributed by atoms with van der Waals surface area (Å²) in [6.07, 6.45) is 3.02. The summed E-state index contributed by atoms with van der Waals surface area (Å²) in [5.74, 6) is -3.30. The second-order valence-corrected chi connectivity index (χ2v) is 4.89. The lowest BCUT2D eigenvalue weighted by molar-refractivity contribution is 0.0943. The summed E-state index contributed by atoms with van der Waals surface area (Å²) in [6.45, 7) is 0. The topological polar surface area (TPSA) is 17.1 Å². The number of rotatable bonds is 2. The smallest absolute Gasteiger partial charge is 0.172 e. The summed E-state index contributed by atoms with van der Waals surface area (Å²) in [4.78, 5) is 12.0. The molecule has 1 nitrogen and oxygen atoms in total. The largest absolute Gasteiger partial charge is 0.294 e. The molecule has 0 bridgehead atoms.